The van der Waals surface area contributed by atoms with Crippen LogP contribution in [0.25, 0.3) is 0 Å². The number of methoxy groups -OCH3 is 1. The van der Waals surface area contributed by atoms with Gasteiger partial charge in [0.1, 0.15) is 0 Å². The van der Waals surface area contributed by atoms with Gasteiger partial charge in [-0.05, 0) is 0 Å². The molecule has 0 amide bonds. The van der Waals surface area contributed by atoms with E-state index in [4.69, 9.17) is 5.11 Å². The van der Waals surface area contributed by atoms with E-state index in [0.717, 1.165) is 0 Å². The van der Waals surface area contributed by atoms with Crippen LogP contribution in [0.1, 0.15) is 0 Å². The smallest absolute Gasteiger partial charge is 0.395 e. The molecule has 0 unspecified atom stereocenters. The zero-order valence-corrected chi connectivity index (χ0v) is 8.81. The Kier molecular flexibility index (Phi) is 5.49. The molecule has 0 heterocycles. The van der Waals surface area contributed by atoms with Gasteiger partial charge in [0.15, 0.2) is 0 Å². The van der Waals surface area contributed by atoms with Gasteiger partial charge in [0.25, 0.3) is 0 Å². The molecule has 0 aliphatic carbocycles. The quantitative estimate of drug-likeness (QED) is 0.708. The van der Waals surface area contributed by atoms with Gasteiger partial charge in [-0.2, -0.15) is 17.5 Å². The molecular weight excluding hydrogens is 239 g/mol. The summed E-state index contributed by atoms with van der Waals surface area (Å²) in [6.45, 7) is -1.90. The number of alkyl halides is 3. The van der Waals surface area contributed by atoms with Crippen molar-refractivity contribution in [1.29, 1.82) is 0 Å². The van der Waals surface area contributed by atoms with Gasteiger partial charge in [0.2, 0.25) is 0 Å². The summed E-state index contributed by atoms with van der Waals surface area (Å²) in [5.74, 6) is 0. The number of hydrogen-bond acceptors (Lipinski definition) is 4. The Morgan fingerprint density at radius 2 is 1.87 bits per heavy atom. The van der Waals surface area contributed by atoms with E-state index in [0.29, 0.717) is 0 Å². The standard InChI is InChI=1S/C6H12F3NO4S/c1-14-5-3-10(2-4-11)15(12,13)6(7,8)9/h11H,2-5H2,1H3. The van der Waals surface area contributed by atoms with Gasteiger partial charge in [0.05, 0.1) is 13.2 Å². The first-order chi connectivity index (χ1) is 6.77. The van der Waals surface area contributed by atoms with E-state index in [9.17, 15) is 21.6 Å². The topological polar surface area (TPSA) is 66.8 Å². The van der Waals surface area contributed by atoms with Crippen LogP contribution in [0.15, 0.2) is 0 Å². The minimum absolute atomic E-state index is 0.135. The van der Waals surface area contributed by atoms with E-state index in [1.54, 1.807) is 0 Å². The largest absolute Gasteiger partial charge is 0.511 e. The number of sulfonamides is 1. The summed E-state index contributed by atoms with van der Waals surface area (Å²) in [6.07, 6.45) is 0. The highest BCUT2D eigenvalue weighted by Gasteiger charge is 2.49. The van der Waals surface area contributed by atoms with Crippen molar-refractivity contribution in [3.8, 4) is 0 Å². The molecule has 0 rings (SSSR count). The maximum absolute atomic E-state index is 12.1. The second-order valence-electron chi connectivity index (χ2n) is 2.57. The predicted molar refractivity (Wildman–Crippen MR) is 45.5 cm³/mol. The van der Waals surface area contributed by atoms with Crippen molar-refractivity contribution in [3.63, 3.8) is 0 Å². The summed E-state index contributed by atoms with van der Waals surface area (Å²) in [4.78, 5) is 0. The summed E-state index contributed by atoms with van der Waals surface area (Å²) >= 11 is 0. The Labute approximate surface area is 85.5 Å². The Morgan fingerprint density at radius 3 is 2.20 bits per heavy atom. The molecule has 0 atom stereocenters. The van der Waals surface area contributed by atoms with Crippen LogP contribution in [0.3, 0.4) is 0 Å². The molecule has 0 aliphatic heterocycles. The summed E-state index contributed by atoms with van der Waals surface area (Å²) < 4.78 is 62.6. The molecule has 1 N–H and O–H groups in total. The minimum atomic E-state index is -5.38. The monoisotopic (exact) mass is 251 g/mol. The number of ether oxygens (including phenoxy) is 1. The lowest BCUT2D eigenvalue weighted by Crippen LogP contribution is -2.43. The van der Waals surface area contributed by atoms with Crippen molar-refractivity contribution in [1.82, 2.24) is 4.31 Å². The minimum Gasteiger partial charge on any atom is -0.395 e. The lowest BCUT2D eigenvalue weighted by Gasteiger charge is -2.21. The van der Waals surface area contributed by atoms with Gasteiger partial charge in [-0.1, -0.05) is 0 Å². The Balaban J connectivity index is 4.75. The molecule has 15 heavy (non-hydrogen) atoms. The van der Waals surface area contributed by atoms with E-state index in [1.807, 2.05) is 0 Å². The van der Waals surface area contributed by atoms with Gasteiger partial charge < -0.3 is 9.84 Å². The Hall–Kier alpha value is -0.380. The van der Waals surface area contributed by atoms with Gasteiger partial charge in [-0.3, -0.25) is 0 Å². The van der Waals surface area contributed by atoms with Gasteiger partial charge in [0, 0.05) is 20.2 Å². The van der Waals surface area contributed by atoms with Gasteiger partial charge >= 0.3 is 15.5 Å². The lowest BCUT2D eigenvalue weighted by atomic mass is 10.6. The SMILES string of the molecule is COCCN(CCO)S(=O)(=O)C(F)(F)F. The summed E-state index contributed by atoms with van der Waals surface area (Å²) in [5.41, 5.74) is -5.35. The molecule has 5 nitrogen and oxygen atoms in total. The molecule has 0 aliphatic rings. The molecule has 0 spiro atoms. The van der Waals surface area contributed by atoms with Crippen molar-refractivity contribution in [2.75, 3.05) is 33.4 Å². The number of halogens is 3. The first-order valence-electron chi connectivity index (χ1n) is 3.93. The molecule has 0 aromatic carbocycles. The zero-order chi connectivity index (χ0) is 12.1. The number of nitrogens with zero attached hydrogens (tertiary/aromatic N) is 1. The van der Waals surface area contributed by atoms with E-state index in [-0.39, 0.29) is 10.9 Å². The van der Waals surface area contributed by atoms with Crippen LogP contribution in [0.4, 0.5) is 13.2 Å². The van der Waals surface area contributed by atoms with Gasteiger partial charge in [-0.25, -0.2) is 8.42 Å². The Morgan fingerprint density at radius 1 is 1.33 bits per heavy atom. The fourth-order valence-electron chi connectivity index (χ4n) is 0.803. The summed E-state index contributed by atoms with van der Waals surface area (Å²) in [7, 11) is -4.15. The molecule has 0 saturated carbocycles. The van der Waals surface area contributed by atoms with E-state index >= 15 is 0 Å². The highest BCUT2D eigenvalue weighted by atomic mass is 32.2. The molecular formula is C6H12F3NO4S. The first kappa shape index (κ1) is 14.6. The third kappa shape index (κ3) is 3.93. The van der Waals surface area contributed by atoms with Crippen LogP contribution in [0, 0.1) is 0 Å². The van der Waals surface area contributed by atoms with Crippen LogP contribution >= 0.6 is 0 Å². The highest BCUT2D eigenvalue weighted by Crippen LogP contribution is 2.26. The van der Waals surface area contributed by atoms with Crippen LogP contribution in [0.5, 0.6) is 0 Å². The fraction of sp³-hybridized carbons (Fsp3) is 1.00. The second-order valence-corrected chi connectivity index (χ2v) is 4.50. The number of rotatable bonds is 6. The number of aliphatic hydroxyl groups is 1. The van der Waals surface area contributed by atoms with Crippen LogP contribution < -0.4 is 0 Å². The lowest BCUT2D eigenvalue weighted by molar-refractivity contribution is -0.0495. The Bertz CT molecular complexity index is 277. The average molecular weight is 251 g/mol. The van der Waals surface area contributed by atoms with Crippen LogP contribution in [0.2, 0.25) is 0 Å². The van der Waals surface area contributed by atoms with Gasteiger partial charge in [-0.15, -0.1) is 0 Å². The van der Waals surface area contributed by atoms with Crippen LogP contribution in [-0.2, 0) is 14.8 Å². The maximum atomic E-state index is 12.1. The predicted octanol–water partition coefficient (Wildman–Crippen LogP) is -0.223. The normalized spacial score (nSPS) is 13.5. The third-order valence-corrected chi connectivity index (χ3v) is 3.16. The first-order valence-corrected chi connectivity index (χ1v) is 5.37. The summed E-state index contributed by atoms with van der Waals surface area (Å²) in [6, 6.07) is 0. The van der Waals surface area contributed by atoms with E-state index in [1.165, 1.54) is 7.11 Å². The number of hydrogen-bond donors (Lipinski definition) is 1. The zero-order valence-electron chi connectivity index (χ0n) is 7.99. The van der Waals surface area contributed by atoms with Crippen molar-refractivity contribution < 1.29 is 31.4 Å². The molecule has 0 aromatic rings. The van der Waals surface area contributed by atoms with Crippen molar-refractivity contribution in [2.45, 2.75) is 5.51 Å². The molecule has 9 heteroatoms. The molecule has 0 saturated heterocycles. The fourth-order valence-corrected chi connectivity index (χ4v) is 1.73. The van der Waals surface area contributed by atoms with Crippen molar-refractivity contribution in [3.05, 3.63) is 0 Å². The molecule has 92 valence electrons. The van der Waals surface area contributed by atoms with Crippen molar-refractivity contribution in [2.24, 2.45) is 0 Å². The maximum Gasteiger partial charge on any atom is 0.511 e. The second kappa shape index (κ2) is 5.64. The molecule has 0 aromatic heterocycles. The molecule has 0 radical (unpaired) electrons. The third-order valence-electron chi connectivity index (χ3n) is 1.53. The van der Waals surface area contributed by atoms with Crippen LogP contribution in [-0.4, -0.2) is 56.8 Å². The van der Waals surface area contributed by atoms with E-state index < -0.39 is 35.2 Å². The van der Waals surface area contributed by atoms with Crippen molar-refractivity contribution >= 4 is 10.0 Å². The molecule has 0 fully saturated rings. The summed E-state index contributed by atoms with van der Waals surface area (Å²) in [5, 5.41) is 8.45. The highest BCUT2D eigenvalue weighted by molar-refractivity contribution is 7.90. The average Bonchev–Trinajstić information content (AvgIpc) is 2.10. The van der Waals surface area contributed by atoms with E-state index in [2.05, 4.69) is 4.74 Å². The molecule has 0 bridgehead atoms. The number of aliphatic hydroxyl groups excluding tert-OH is 1.